The summed E-state index contributed by atoms with van der Waals surface area (Å²) in [6.07, 6.45) is 0. The molecule has 0 saturated heterocycles. The molecule has 1 aromatic rings. The smallest absolute Gasteiger partial charge is 0.251 e. The Kier molecular flexibility index (Phi) is 6.37. The molecule has 1 amide bonds. The molecule has 120 valence electrons. The van der Waals surface area contributed by atoms with Crippen LogP contribution in [0, 0.1) is 13.8 Å². The maximum Gasteiger partial charge on any atom is 0.251 e. The number of carbonyl (C=O) groups excluding carboxylic acids is 1. The van der Waals surface area contributed by atoms with Crippen LogP contribution < -0.4 is 16.2 Å². The molecule has 0 atom stereocenters. The Morgan fingerprint density at radius 2 is 1.81 bits per heavy atom. The van der Waals surface area contributed by atoms with Gasteiger partial charge in [-0.25, -0.2) is 13.6 Å². The van der Waals surface area contributed by atoms with E-state index in [0.29, 0.717) is 11.1 Å². The Morgan fingerprint density at radius 1 is 1.29 bits per heavy atom. The molecule has 0 aliphatic heterocycles. The number of halogens is 1. The van der Waals surface area contributed by atoms with Crippen molar-refractivity contribution < 1.29 is 13.2 Å². The molecule has 0 saturated carbocycles. The van der Waals surface area contributed by atoms with E-state index in [-0.39, 0.29) is 35.3 Å². The number of aryl methyl sites for hydroxylation is 1. The second-order valence-corrected chi connectivity index (χ2v) is 7.16. The molecule has 0 unspecified atom stereocenters. The summed E-state index contributed by atoms with van der Waals surface area (Å²) in [6, 6.07) is 2.92. The lowest BCUT2D eigenvalue weighted by atomic mass is 10.0. The summed E-state index contributed by atoms with van der Waals surface area (Å²) in [4.78, 5) is 12.0. The van der Waals surface area contributed by atoms with E-state index in [1.54, 1.807) is 33.8 Å². The fourth-order valence-corrected chi connectivity index (χ4v) is 2.54. The van der Waals surface area contributed by atoms with Crippen LogP contribution in [0.1, 0.15) is 35.3 Å². The molecule has 0 aromatic heterocycles. The minimum atomic E-state index is -3.86. The van der Waals surface area contributed by atoms with Crippen molar-refractivity contribution in [3.05, 3.63) is 28.8 Å². The van der Waals surface area contributed by atoms with Crippen LogP contribution in [0.25, 0.3) is 0 Å². The number of nitrogens with two attached hydrogens (primary N) is 2. The van der Waals surface area contributed by atoms with Crippen LogP contribution in [0.3, 0.4) is 0 Å². The summed E-state index contributed by atoms with van der Waals surface area (Å²) in [7, 11) is -3.86. The van der Waals surface area contributed by atoms with E-state index < -0.39 is 15.6 Å². The van der Waals surface area contributed by atoms with E-state index >= 15 is 0 Å². The third-order valence-corrected chi connectivity index (χ3v) is 3.93. The summed E-state index contributed by atoms with van der Waals surface area (Å²) in [5.74, 6) is -0.378. The first-order valence-electron chi connectivity index (χ1n) is 6.13. The highest BCUT2D eigenvalue weighted by molar-refractivity contribution is 7.89. The van der Waals surface area contributed by atoms with Gasteiger partial charge in [-0.1, -0.05) is 0 Å². The highest BCUT2D eigenvalue weighted by Gasteiger charge is 2.18. The van der Waals surface area contributed by atoms with Crippen LogP contribution in [0.5, 0.6) is 0 Å². The first-order valence-corrected chi connectivity index (χ1v) is 7.67. The van der Waals surface area contributed by atoms with Crippen LogP contribution in [0.15, 0.2) is 17.0 Å². The Labute approximate surface area is 131 Å². The minimum absolute atomic E-state index is 0. The molecule has 0 aliphatic carbocycles. The van der Waals surface area contributed by atoms with Gasteiger partial charge < -0.3 is 11.1 Å². The van der Waals surface area contributed by atoms with Crippen molar-refractivity contribution >= 4 is 28.3 Å². The fraction of sp³-hybridized carbons (Fsp3) is 0.462. The van der Waals surface area contributed by atoms with Gasteiger partial charge in [0.15, 0.2) is 0 Å². The lowest BCUT2D eigenvalue weighted by Crippen LogP contribution is -2.45. The van der Waals surface area contributed by atoms with Crippen LogP contribution in [-0.4, -0.2) is 26.4 Å². The predicted molar refractivity (Wildman–Crippen MR) is 85.1 cm³/mol. The lowest BCUT2D eigenvalue weighted by Gasteiger charge is -2.19. The van der Waals surface area contributed by atoms with E-state index in [1.165, 1.54) is 6.07 Å². The van der Waals surface area contributed by atoms with Crippen molar-refractivity contribution in [2.75, 3.05) is 6.54 Å². The molecule has 0 spiro atoms. The first kappa shape index (κ1) is 19.9. The van der Waals surface area contributed by atoms with Gasteiger partial charge in [0.05, 0.1) is 4.90 Å². The minimum Gasteiger partial charge on any atom is -0.350 e. The van der Waals surface area contributed by atoms with Crippen molar-refractivity contribution in [3.63, 3.8) is 0 Å². The maximum absolute atomic E-state index is 12.0. The Morgan fingerprint density at radius 3 is 2.24 bits per heavy atom. The molecule has 21 heavy (non-hydrogen) atoms. The highest BCUT2D eigenvalue weighted by Crippen LogP contribution is 2.20. The summed E-state index contributed by atoms with van der Waals surface area (Å²) in [6.45, 7) is 7.23. The molecular formula is C13H22ClN3O3S. The standard InChI is InChI=1S/C13H21N3O3S.ClH/c1-8-5-10(12(17)16-7-13(3,4)14)6-11(9(8)2)20(15,18)19;/h5-6H,7,14H2,1-4H3,(H,16,17)(H2,15,18,19);1H. The van der Waals surface area contributed by atoms with Crippen molar-refractivity contribution in [3.8, 4) is 0 Å². The number of primary sulfonamides is 1. The number of rotatable bonds is 4. The molecule has 5 N–H and O–H groups in total. The average molecular weight is 336 g/mol. The van der Waals surface area contributed by atoms with E-state index in [1.807, 2.05) is 0 Å². The van der Waals surface area contributed by atoms with Gasteiger partial charge in [0, 0.05) is 17.6 Å². The zero-order valence-corrected chi connectivity index (χ0v) is 14.2. The number of hydrogen-bond acceptors (Lipinski definition) is 4. The van der Waals surface area contributed by atoms with Crippen molar-refractivity contribution in [1.82, 2.24) is 5.32 Å². The van der Waals surface area contributed by atoms with Crippen LogP contribution in [0.2, 0.25) is 0 Å². The van der Waals surface area contributed by atoms with Crippen molar-refractivity contribution in [2.45, 2.75) is 38.1 Å². The van der Waals surface area contributed by atoms with Gasteiger partial charge in [-0.3, -0.25) is 4.79 Å². The average Bonchev–Trinajstić information content (AvgIpc) is 2.26. The van der Waals surface area contributed by atoms with Gasteiger partial charge in [0.1, 0.15) is 0 Å². The summed E-state index contributed by atoms with van der Waals surface area (Å²) < 4.78 is 23.0. The van der Waals surface area contributed by atoms with Gasteiger partial charge in [0.25, 0.3) is 5.91 Å². The first-order chi connectivity index (χ1) is 8.92. The van der Waals surface area contributed by atoms with Gasteiger partial charge in [-0.2, -0.15) is 0 Å². The Hall–Kier alpha value is -1.15. The molecule has 1 aromatic carbocycles. The van der Waals surface area contributed by atoms with E-state index in [0.717, 1.165) is 0 Å². The van der Waals surface area contributed by atoms with E-state index in [9.17, 15) is 13.2 Å². The van der Waals surface area contributed by atoms with E-state index in [2.05, 4.69) is 5.32 Å². The van der Waals surface area contributed by atoms with Gasteiger partial charge in [-0.15, -0.1) is 12.4 Å². The van der Waals surface area contributed by atoms with Gasteiger partial charge in [-0.05, 0) is 51.0 Å². The number of sulfonamides is 1. The normalized spacial score (nSPS) is 11.7. The number of hydrogen-bond donors (Lipinski definition) is 3. The molecule has 1 rings (SSSR count). The fourth-order valence-electron chi connectivity index (χ4n) is 1.66. The Bertz CT molecular complexity index is 637. The number of nitrogens with one attached hydrogen (secondary N) is 1. The molecule has 0 fully saturated rings. The summed E-state index contributed by atoms with van der Waals surface area (Å²) in [5.41, 5.74) is 6.73. The van der Waals surface area contributed by atoms with Crippen LogP contribution in [0.4, 0.5) is 0 Å². The van der Waals surface area contributed by atoms with Gasteiger partial charge in [0.2, 0.25) is 10.0 Å². The Balaban J connectivity index is 0.00000400. The zero-order chi connectivity index (χ0) is 15.7. The quantitative estimate of drug-likeness (QED) is 0.756. The maximum atomic E-state index is 12.0. The highest BCUT2D eigenvalue weighted by atomic mass is 35.5. The summed E-state index contributed by atoms with van der Waals surface area (Å²) >= 11 is 0. The third kappa shape index (κ3) is 5.62. The van der Waals surface area contributed by atoms with Crippen LogP contribution in [-0.2, 0) is 10.0 Å². The largest absolute Gasteiger partial charge is 0.350 e. The molecular weight excluding hydrogens is 314 g/mol. The van der Waals surface area contributed by atoms with Gasteiger partial charge >= 0.3 is 0 Å². The van der Waals surface area contributed by atoms with E-state index in [4.69, 9.17) is 10.9 Å². The van der Waals surface area contributed by atoms with Crippen LogP contribution >= 0.6 is 12.4 Å². The zero-order valence-electron chi connectivity index (χ0n) is 12.6. The van der Waals surface area contributed by atoms with Crippen molar-refractivity contribution in [1.29, 1.82) is 0 Å². The predicted octanol–water partition coefficient (Wildman–Crippen LogP) is 0.840. The lowest BCUT2D eigenvalue weighted by molar-refractivity contribution is 0.0945. The molecule has 0 aliphatic rings. The van der Waals surface area contributed by atoms with Crippen molar-refractivity contribution in [2.24, 2.45) is 10.9 Å². The second kappa shape index (κ2) is 6.74. The monoisotopic (exact) mass is 335 g/mol. The number of benzene rings is 1. The number of amides is 1. The molecule has 8 heteroatoms. The molecule has 0 radical (unpaired) electrons. The third-order valence-electron chi connectivity index (χ3n) is 2.89. The molecule has 0 heterocycles. The summed E-state index contributed by atoms with van der Waals surface area (Å²) in [5, 5.41) is 7.82. The second-order valence-electron chi connectivity index (χ2n) is 5.63. The molecule has 6 nitrogen and oxygen atoms in total. The SMILES string of the molecule is Cc1cc(C(=O)NCC(C)(C)N)cc(S(N)(=O)=O)c1C.Cl. The number of carbonyl (C=O) groups is 1. The topological polar surface area (TPSA) is 115 Å². The molecule has 0 bridgehead atoms.